The van der Waals surface area contributed by atoms with E-state index >= 15 is 8.78 Å². The maximum Gasteiger partial charge on any atom is 0.416 e. The molecule has 2 saturated heterocycles. The van der Waals surface area contributed by atoms with Crippen LogP contribution in [-0.2, 0) is 33.7 Å². The molecule has 2 aromatic heterocycles. The number of likely N-dealkylation sites (tertiary alicyclic amines) is 1. The molecule has 0 radical (unpaired) electrons. The quantitative estimate of drug-likeness (QED) is 0.304. The minimum Gasteiger partial charge on any atom is -0.516 e. The lowest BCUT2D eigenvalue weighted by Gasteiger charge is -2.38. The molecular formula is C30H36F2N10O6. The van der Waals surface area contributed by atoms with E-state index in [2.05, 4.69) is 37.0 Å². The first kappa shape index (κ1) is 33.0. The lowest BCUT2D eigenvalue weighted by molar-refractivity contribution is -0.128. The Balaban J connectivity index is 0.00000129. The number of hydrogen-bond acceptors (Lipinski definition) is 12. The van der Waals surface area contributed by atoms with Gasteiger partial charge in [-0.2, -0.15) is 15.0 Å². The first-order chi connectivity index (χ1) is 23.0. The number of nitrogens with two attached hydrogens (primary N) is 1. The number of ether oxygens (including phenoxy) is 2. The monoisotopic (exact) mass is 670 g/mol. The van der Waals surface area contributed by atoms with E-state index in [0.717, 1.165) is 6.26 Å². The molecule has 5 heterocycles. The van der Waals surface area contributed by atoms with Crippen LogP contribution in [-0.4, -0.2) is 116 Å². The number of benzene rings is 1. The van der Waals surface area contributed by atoms with E-state index in [1.807, 2.05) is 0 Å². The lowest BCUT2D eigenvalue weighted by Crippen LogP contribution is -2.48. The molecule has 1 spiro atoms. The van der Waals surface area contributed by atoms with Crippen LogP contribution in [0.3, 0.4) is 0 Å². The van der Waals surface area contributed by atoms with Gasteiger partial charge in [0, 0.05) is 46.1 Å². The summed E-state index contributed by atoms with van der Waals surface area (Å²) in [5.74, 6) is -1.07. The summed E-state index contributed by atoms with van der Waals surface area (Å²) < 4.78 is 42.2. The number of hydrogen-bond donors (Lipinski definition) is 3. The number of aliphatic hydroxyl groups is 1. The van der Waals surface area contributed by atoms with Crippen LogP contribution in [0.15, 0.2) is 19.0 Å². The van der Waals surface area contributed by atoms with Gasteiger partial charge < -0.3 is 35.4 Å². The zero-order valence-corrected chi connectivity index (χ0v) is 26.3. The number of rotatable bonds is 7. The van der Waals surface area contributed by atoms with E-state index < -0.39 is 23.3 Å². The van der Waals surface area contributed by atoms with Crippen molar-refractivity contribution in [2.75, 3.05) is 63.1 Å². The molecule has 3 amide bonds. The molecule has 4 N–H and O–H groups in total. The Hall–Kier alpha value is -4.97. The maximum absolute atomic E-state index is 15.6. The number of halogens is 2. The van der Waals surface area contributed by atoms with Crippen LogP contribution >= 0.6 is 0 Å². The summed E-state index contributed by atoms with van der Waals surface area (Å²) in [6, 6.07) is 0. The fourth-order valence-corrected chi connectivity index (χ4v) is 6.57. The first-order valence-electron chi connectivity index (χ1n) is 15.5. The largest absolute Gasteiger partial charge is 0.516 e. The van der Waals surface area contributed by atoms with Gasteiger partial charge in [-0.15, -0.1) is 0 Å². The van der Waals surface area contributed by atoms with Gasteiger partial charge in [0.25, 0.3) is 11.8 Å². The van der Waals surface area contributed by atoms with Crippen LogP contribution in [0, 0.1) is 17.6 Å². The van der Waals surface area contributed by atoms with Crippen LogP contribution in [0.4, 0.5) is 25.2 Å². The van der Waals surface area contributed by atoms with Crippen molar-refractivity contribution in [3.8, 4) is 5.88 Å². The summed E-state index contributed by atoms with van der Waals surface area (Å²) in [5, 5.41) is 18.3. The van der Waals surface area contributed by atoms with Crippen LogP contribution < -0.4 is 20.7 Å². The predicted molar refractivity (Wildman–Crippen MR) is 166 cm³/mol. The number of fused-ring (bicyclic) bond motifs is 3. The van der Waals surface area contributed by atoms with Gasteiger partial charge in [0.15, 0.2) is 40.9 Å². The minimum absolute atomic E-state index is 0.0124. The molecular weight excluding hydrogens is 634 g/mol. The van der Waals surface area contributed by atoms with Crippen LogP contribution in [0.2, 0.25) is 0 Å². The molecule has 4 aliphatic rings. The summed E-state index contributed by atoms with van der Waals surface area (Å²) in [4.78, 5) is 51.0. The molecule has 16 nitrogen and oxygen atoms in total. The van der Waals surface area contributed by atoms with Crippen LogP contribution in [0.1, 0.15) is 24.0 Å². The van der Waals surface area contributed by atoms with Gasteiger partial charge in [0.2, 0.25) is 5.91 Å². The van der Waals surface area contributed by atoms with Crippen molar-refractivity contribution in [3.63, 3.8) is 0 Å². The molecule has 256 valence electrons. The summed E-state index contributed by atoms with van der Waals surface area (Å²) in [5.41, 5.74) is 5.16. The molecule has 0 atom stereocenters. The normalized spacial score (nSPS) is 18.5. The minimum atomic E-state index is -0.691. The van der Waals surface area contributed by atoms with Gasteiger partial charge in [0.05, 0.1) is 32.1 Å². The van der Waals surface area contributed by atoms with Gasteiger partial charge in [-0.1, -0.05) is 6.58 Å². The van der Waals surface area contributed by atoms with Crippen molar-refractivity contribution in [3.05, 3.63) is 41.8 Å². The summed E-state index contributed by atoms with van der Waals surface area (Å²) in [7, 11) is 1.59. The van der Waals surface area contributed by atoms with Crippen molar-refractivity contribution in [1.29, 1.82) is 0 Å². The number of aromatic nitrogens is 5. The topological polar surface area (TPSA) is 194 Å². The summed E-state index contributed by atoms with van der Waals surface area (Å²) in [6.07, 6.45) is 3.58. The Morgan fingerprint density at radius 1 is 1.21 bits per heavy atom. The van der Waals surface area contributed by atoms with Crippen LogP contribution in [0.5, 0.6) is 5.88 Å². The number of piperidine rings is 1. The van der Waals surface area contributed by atoms with Crippen molar-refractivity contribution in [2.45, 2.75) is 37.8 Å². The third-order valence-electron chi connectivity index (χ3n) is 9.04. The van der Waals surface area contributed by atoms with E-state index in [0.29, 0.717) is 63.0 Å². The Kier molecular flexibility index (Phi) is 9.11. The zero-order valence-electron chi connectivity index (χ0n) is 26.3. The van der Waals surface area contributed by atoms with Crippen molar-refractivity contribution in [2.24, 2.45) is 11.7 Å². The van der Waals surface area contributed by atoms with Gasteiger partial charge in [-0.3, -0.25) is 14.5 Å². The molecule has 1 aliphatic carbocycles. The number of anilines is 2. The molecule has 0 bridgehead atoms. The highest BCUT2D eigenvalue weighted by Gasteiger charge is 2.48. The highest BCUT2D eigenvalue weighted by atomic mass is 19.1. The molecule has 3 aliphatic heterocycles. The number of amides is 3. The maximum atomic E-state index is 15.6. The standard InChI is InChI=1S/C28H32F2N10O5.C2H4O/c1-37(20(42)10-31)6-7-40-35-23-21(29)16-8-15(9-17(16)22(30)24(23)36-40)12-38-4-2-28(3-5-38)14-39(27(43)45-28)18-11-32-26-25(33-18)34-19(41)13-44-26;1-2-3/h11,15H,2-10,12-14,31H2,1H3,(H,33,34,41);2-3H,1H2. The van der Waals surface area contributed by atoms with E-state index in [1.165, 1.54) is 20.8 Å². The van der Waals surface area contributed by atoms with Gasteiger partial charge in [-0.25, -0.2) is 23.5 Å². The van der Waals surface area contributed by atoms with Crippen LogP contribution in [0.25, 0.3) is 11.0 Å². The van der Waals surface area contributed by atoms with Crippen molar-refractivity contribution >= 4 is 40.6 Å². The lowest BCUT2D eigenvalue weighted by atomic mass is 9.90. The molecule has 2 fully saturated rings. The van der Waals surface area contributed by atoms with E-state index in [-0.39, 0.29) is 72.5 Å². The Labute approximate surface area is 273 Å². The molecule has 3 aromatic rings. The predicted octanol–water partition coefficient (Wildman–Crippen LogP) is 1.14. The number of likely N-dealkylation sites (N-methyl/N-ethyl adjacent to an activating group) is 1. The number of nitrogens with zero attached hydrogens (tertiary/aromatic N) is 8. The number of carbonyl (C=O) groups excluding carboxylic acids is 3. The number of nitrogens with one attached hydrogen (secondary N) is 1. The fourth-order valence-electron chi connectivity index (χ4n) is 6.57. The Morgan fingerprint density at radius 2 is 1.85 bits per heavy atom. The van der Waals surface area contributed by atoms with E-state index in [1.54, 1.807) is 7.05 Å². The molecule has 7 rings (SSSR count). The average Bonchev–Trinajstić information content (AvgIpc) is 3.79. The highest BCUT2D eigenvalue weighted by Crippen LogP contribution is 2.39. The van der Waals surface area contributed by atoms with Gasteiger partial charge in [0.1, 0.15) is 5.60 Å². The Bertz CT molecular complexity index is 1710. The highest BCUT2D eigenvalue weighted by molar-refractivity contribution is 5.95. The SMILES string of the molecule is C=CO.CN(CCn1nc2c(F)c3c(c(F)c2n1)CC(CN1CCC2(CC1)CN(c1cnc4c(n1)NC(=O)CO4)C(=O)O2)C3)C(=O)CN. The first-order valence-corrected chi connectivity index (χ1v) is 15.5. The molecule has 0 unspecified atom stereocenters. The number of aliphatic hydroxyl groups excluding tert-OH is 1. The second-order valence-corrected chi connectivity index (χ2v) is 12.2. The van der Waals surface area contributed by atoms with Gasteiger partial charge >= 0.3 is 6.09 Å². The summed E-state index contributed by atoms with van der Waals surface area (Å²) in [6.45, 7) is 5.32. The molecule has 48 heavy (non-hydrogen) atoms. The molecule has 1 aromatic carbocycles. The van der Waals surface area contributed by atoms with Crippen molar-refractivity contribution < 1.29 is 37.7 Å². The average molecular weight is 671 g/mol. The number of carbonyl (C=O) groups is 3. The fraction of sp³-hybridized carbons (Fsp3) is 0.500. The second-order valence-electron chi connectivity index (χ2n) is 12.2. The Morgan fingerprint density at radius 3 is 2.48 bits per heavy atom. The summed E-state index contributed by atoms with van der Waals surface area (Å²) >= 11 is 0. The van der Waals surface area contributed by atoms with Gasteiger partial charge in [-0.05, 0) is 29.9 Å². The van der Waals surface area contributed by atoms with E-state index in [4.69, 9.17) is 20.3 Å². The molecule has 0 saturated carbocycles. The van der Waals surface area contributed by atoms with E-state index in [9.17, 15) is 14.4 Å². The molecule has 18 heteroatoms. The zero-order chi connectivity index (χ0) is 34.2. The third kappa shape index (κ3) is 6.32. The third-order valence-corrected chi connectivity index (χ3v) is 9.04. The second kappa shape index (κ2) is 13.3. The smallest absolute Gasteiger partial charge is 0.416 e. The van der Waals surface area contributed by atoms with Crippen molar-refractivity contribution in [1.82, 2.24) is 34.8 Å².